The molecule has 0 spiro atoms. The molecule has 0 saturated heterocycles. The second-order valence-electron chi connectivity index (χ2n) is 3.53. The first-order valence-electron chi connectivity index (χ1n) is 4.56. The van der Waals surface area contributed by atoms with E-state index in [9.17, 15) is 4.79 Å². The van der Waals surface area contributed by atoms with Crippen molar-refractivity contribution >= 4 is 5.78 Å². The summed E-state index contributed by atoms with van der Waals surface area (Å²) < 4.78 is 0. The fourth-order valence-corrected chi connectivity index (χ4v) is 1.59. The first-order chi connectivity index (χ1) is 5.74. The van der Waals surface area contributed by atoms with Gasteiger partial charge in [0.25, 0.3) is 0 Å². The summed E-state index contributed by atoms with van der Waals surface area (Å²) in [5.74, 6) is 1.41. The zero-order chi connectivity index (χ0) is 8.97. The summed E-state index contributed by atoms with van der Waals surface area (Å²) >= 11 is 0. The third-order valence-corrected chi connectivity index (χ3v) is 2.55. The molecule has 12 heavy (non-hydrogen) atoms. The molecule has 0 aromatic heterocycles. The average molecular weight is 164 g/mol. The summed E-state index contributed by atoms with van der Waals surface area (Å²) in [5, 5.41) is 0. The summed E-state index contributed by atoms with van der Waals surface area (Å²) in [6, 6.07) is 0. The van der Waals surface area contributed by atoms with Gasteiger partial charge in [0, 0.05) is 6.42 Å². The van der Waals surface area contributed by atoms with Gasteiger partial charge in [0.1, 0.15) is 0 Å². The molecule has 0 N–H and O–H groups in total. The van der Waals surface area contributed by atoms with Crippen molar-refractivity contribution in [2.75, 3.05) is 0 Å². The van der Waals surface area contributed by atoms with Gasteiger partial charge in [-0.2, -0.15) is 0 Å². The maximum atomic E-state index is 11.1. The lowest BCUT2D eigenvalue weighted by Crippen LogP contribution is -2.06. The van der Waals surface area contributed by atoms with Crippen LogP contribution in [-0.2, 0) is 4.79 Å². The molecule has 0 aliphatic heterocycles. The van der Waals surface area contributed by atoms with Gasteiger partial charge >= 0.3 is 0 Å². The van der Waals surface area contributed by atoms with E-state index in [2.05, 4.69) is 13.5 Å². The van der Waals surface area contributed by atoms with Crippen molar-refractivity contribution in [2.45, 2.75) is 26.2 Å². The van der Waals surface area contributed by atoms with E-state index >= 15 is 0 Å². The molecule has 0 aromatic rings. The predicted octanol–water partition coefficient (Wildman–Crippen LogP) is 2.73. The number of carbonyl (C=O) groups excluding carboxylic acids is 1. The van der Waals surface area contributed by atoms with Gasteiger partial charge in [0.15, 0.2) is 5.78 Å². The first kappa shape index (κ1) is 9.24. The lowest BCUT2D eigenvalue weighted by molar-refractivity contribution is -0.114. The molecule has 0 radical (unpaired) electrons. The minimum Gasteiger partial charge on any atom is -0.295 e. The summed E-state index contributed by atoms with van der Waals surface area (Å²) in [7, 11) is 0. The molecule has 2 unspecified atom stereocenters. The zero-order valence-electron chi connectivity index (χ0n) is 7.62. The Labute approximate surface area is 74.2 Å². The number of ketones is 1. The summed E-state index contributed by atoms with van der Waals surface area (Å²) in [5.41, 5.74) is 0. The second-order valence-corrected chi connectivity index (χ2v) is 3.53. The summed E-state index contributed by atoms with van der Waals surface area (Å²) in [6.45, 7) is 5.93. The Bertz CT molecular complexity index is 203. The lowest BCUT2D eigenvalue weighted by Gasteiger charge is -2.16. The van der Waals surface area contributed by atoms with Crippen molar-refractivity contribution < 1.29 is 4.79 Å². The molecule has 0 heterocycles. The highest BCUT2D eigenvalue weighted by molar-refractivity contribution is 5.89. The number of carbonyl (C=O) groups is 1. The summed E-state index contributed by atoms with van der Waals surface area (Å²) in [6.07, 6.45) is 8.43. The Balaban J connectivity index is 2.63. The van der Waals surface area contributed by atoms with Crippen molar-refractivity contribution in [1.82, 2.24) is 0 Å². The van der Waals surface area contributed by atoms with Gasteiger partial charge in [-0.1, -0.05) is 19.1 Å². The van der Waals surface area contributed by atoms with Crippen LogP contribution in [0.5, 0.6) is 0 Å². The predicted molar refractivity (Wildman–Crippen MR) is 50.8 cm³/mol. The first-order valence-corrected chi connectivity index (χ1v) is 4.56. The quantitative estimate of drug-likeness (QED) is 0.573. The van der Waals surface area contributed by atoms with Crippen molar-refractivity contribution in [3.8, 4) is 0 Å². The highest BCUT2D eigenvalue weighted by Gasteiger charge is 2.17. The number of rotatable bonds is 2. The molecule has 66 valence electrons. The molecule has 1 aliphatic rings. The van der Waals surface area contributed by atoms with E-state index in [4.69, 9.17) is 0 Å². The third-order valence-electron chi connectivity index (χ3n) is 2.55. The zero-order valence-corrected chi connectivity index (χ0v) is 7.62. The van der Waals surface area contributed by atoms with Crippen LogP contribution in [0.15, 0.2) is 24.8 Å². The van der Waals surface area contributed by atoms with Gasteiger partial charge in [0.05, 0.1) is 0 Å². The number of hydrogen-bond donors (Lipinski definition) is 0. The van der Waals surface area contributed by atoms with E-state index in [1.165, 1.54) is 0 Å². The molecule has 0 aromatic carbocycles. The van der Waals surface area contributed by atoms with Crippen LogP contribution >= 0.6 is 0 Å². The van der Waals surface area contributed by atoms with Crippen LogP contribution in [0.2, 0.25) is 0 Å². The Hall–Kier alpha value is -0.850. The van der Waals surface area contributed by atoms with Crippen LogP contribution in [0, 0.1) is 11.8 Å². The molecule has 0 fully saturated rings. The van der Waals surface area contributed by atoms with Gasteiger partial charge < -0.3 is 0 Å². The standard InChI is InChI=1S/C11H16O/c1-3-4-10-6-8-11(12)7-5-9(10)2/h3,6,8-10H,1,4-5,7H2,2H3. The van der Waals surface area contributed by atoms with E-state index in [1.807, 2.05) is 12.2 Å². The fraction of sp³-hybridized carbons (Fsp3) is 0.545. The van der Waals surface area contributed by atoms with Gasteiger partial charge in [-0.3, -0.25) is 4.79 Å². The van der Waals surface area contributed by atoms with Crippen LogP contribution in [0.3, 0.4) is 0 Å². The van der Waals surface area contributed by atoms with Crippen LogP contribution in [-0.4, -0.2) is 5.78 Å². The molecular weight excluding hydrogens is 148 g/mol. The smallest absolute Gasteiger partial charge is 0.155 e. The van der Waals surface area contributed by atoms with Crippen molar-refractivity contribution in [1.29, 1.82) is 0 Å². The minimum atomic E-state index is 0.272. The molecule has 1 rings (SSSR count). The lowest BCUT2D eigenvalue weighted by atomic mass is 9.89. The number of allylic oxidation sites excluding steroid dienone is 3. The molecule has 0 bridgehead atoms. The molecule has 1 aliphatic carbocycles. The topological polar surface area (TPSA) is 17.1 Å². The van der Waals surface area contributed by atoms with E-state index in [-0.39, 0.29) is 5.78 Å². The van der Waals surface area contributed by atoms with Crippen LogP contribution in [0.1, 0.15) is 26.2 Å². The number of hydrogen-bond acceptors (Lipinski definition) is 1. The largest absolute Gasteiger partial charge is 0.295 e. The molecule has 1 heteroatoms. The second kappa shape index (κ2) is 4.24. The summed E-state index contributed by atoms with van der Waals surface area (Å²) in [4.78, 5) is 11.1. The van der Waals surface area contributed by atoms with E-state index < -0.39 is 0 Å². The van der Waals surface area contributed by atoms with Gasteiger partial charge in [0.2, 0.25) is 0 Å². The Kier molecular flexibility index (Phi) is 3.27. The highest BCUT2D eigenvalue weighted by atomic mass is 16.1. The fourth-order valence-electron chi connectivity index (χ4n) is 1.59. The van der Waals surface area contributed by atoms with E-state index in [1.54, 1.807) is 6.08 Å². The molecule has 1 nitrogen and oxygen atoms in total. The Morgan fingerprint density at radius 2 is 2.50 bits per heavy atom. The SMILES string of the molecule is C=CCC1C=CC(=O)CCC1C. The van der Waals surface area contributed by atoms with Crippen molar-refractivity contribution in [3.63, 3.8) is 0 Å². The minimum absolute atomic E-state index is 0.272. The maximum absolute atomic E-state index is 11.1. The van der Waals surface area contributed by atoms with Gasteiger partial charge in [-0.25, -0.2) is 0 Å². The van der Waals surface area contributed by atoms with E-state index in [0.29, 0.717) is 18.3 Å². The molecular formula is C11H16O. The van der Waals surface area contributed by atoms with Crippen molar-refractivity contribution in [2.24, 2.45) is 11.8 Å². The Morgan fingerprint density at radius 1 is 1.75 bits per heavy atom. The normalized spacial score (nSPS) is 29.9. The van der Waals surface area contributed by atoms with E-state index in [0.717, 1.165) is 12.8 Å². The molecule has 0 saturated carbocycles. The van der Waals surface area contributed by atoms with Gasteiger partial charge in [-0.15, -0.1) is 6.58 Å². The highest BCUT2D eigenvalue weighted by Crippen LogP contribution is 2.25. The van der Waals surface area contributed by atoms with Crippen molar-refractivity contribution in [3.05, 3.63) is 24.8 Å². The van der Waals surface area contributed by atoms with Crippen LogP contribution in [0.4, 0.5) is 0 Å². The molecule has 2 atom stereocenters. The average Bonchev–Trinajstić information content (AvgIpc) is 2.20. The Morgan fingerprint density at radius 3 is 3.17 bits per heavy atom. The third kappa shape index (κ3) is 2.33. The monoisotopic (exact) mass is 164 g/mol. The van der Waals surface area contributed by atoms with Gasteiger partial charge in [-0.05, 0) is 30.8 Å². The maximum Gasteiger partial charge on any atom is 0.155 e. The van der Waals surface area contributed by atoms with Crippen LogP contribution < -0.4 is 0 Å². The van der Waals surface area contributed by atoms with Crippen LogP contribution in [0.25, 0.3) is 0 Å². The molecule has 0 amide bonds.